The molecule has 0 radical (unpaired) electrons. The standard InChI is InChI=1S/C10H7BrN4/c11-8-5-14-15(6-8)9-3-1-2-7(4-12)10(9)13/h1-3,5-6H,13H2. The molecule has 1 aromatic heterocycles. The van der Waals surface area contributed by atoms with Gasteiger partial charge in [0.1, 0.15) is 6.07 Å². The van der Waals surface area contributed by atoms with Crippen molar-refractivity contribution in [3.63, 3.8) is 0 Å². The summed E-state index contributed by atoms with van der Waals surface area (Å²) in [5, 5.41) is 12.9. The third-order valence-electron chi connectivity index (χ3n) is 2.00. The minimum absolute atomic E-state index is 0.440. The predicted octanol–water partition coefficient (Wildman–Crippen LogP) is 2.09. The van der Waals surface area contributed by atoms with Crippen molar-refractivity contribution in [2.75, 3.05) is 5.73 Å². The molecule has 0 atom stereocenters. The number of halogens is 1. The Morgan fingerprint density at radius 2 is 2.27 bits per heavy atom. The lowest BCUT2D eigenvalue weighted by Crippen LogP contribution is -2.01. The molecule has 1 heterocycles. The first-order chi connectivity index (χ1) is 7.22. The van der Waals surface area contributed by atoms with E-state index in [0.29, 0.717) is 16.9 Å². The summed E-state index contributed by atoms with van der Waals surface area (Å²) >= 11 is 3.30. The Hall–Kier alpha value is -1.80. The van der Waals surface area contributed by atoms with Crippen LogP contribution in [-0.2, 0) is 0 Å². The summed E-state index contributed by atoms with van der Waals surface area (Å²) in [4.78, 5) is 0. The van der Waals surface area contributed by atoms with Gasteiger partial charge in [0.15, 0.2) is 0 Å². The van der Waals surface area contributed by atoms with Crippen LogP contribution in [0.4, 0.5) is 5.69 Å². The van der Waals surface area contributed by atoms with Gasteiger partial charge in [-0.1, -0.05) is 6.07 Å². The van der Waals surface area contributed by atoms with Crippen molar-refractivity contribution in [3.8, 4) is 11.8 Å². The molecular weight excluding hydrogens is 256 g/mol. The van der Waals surface area contributed by atoms with E-state index >= 15 is 0 Å². The Morgan fingerprint density at radius 3 is 2.87 bits per heavy atom. The van der Waals surface area contributed by atoms with Gasteiger partial charge in [0.25, 0.3) is 0 Å². The fourth-order valence-corrected chi connectivity index (χ4v) is 1.57. The molecule has 2 rings (SSSR count). The van der Waals surface area contributed by atoms with E-state index in [1.54, 1.807) is 29.2 Å². The highest BCUT2D eigenvalue weighted by atomic mass is 79.9. The Morgan fingerprint density at radius 1 is 1.47 bits per heavy atom. The van der Waals surface area contributed by atoms with Crippen LogP contribution in [0.15, 0.2) is 35.1 Å². The number of anilines is 1. The summed E-state index contributed by atoms with van der Waals surface area (Å²) in [5.74, 6) is 0. The van der Waals surface area contributed by atoms with Crippen molar-refractivity contribution in [1.82, 2.24) is 9.78 Å². The highest BCUT2D eigenvalue weighted by Crippen LogP contribution is 2.21. The Balaban J connectivity index is 2.59. The number of para-hydroxylation sites is 1. The molecule has 0 unspecified atom stereocenters. The number of hydrogen-bond acceptors (Lipinski definition) is 3. The van der Waals surface area contributed by atoms with Crippen LogP contribution in [0.1, 0.15) is 5.56 Å². The van der Waals surface area contributed by atoms with Gasteiger partial charge in [-0.25, -0.2) is 4.68 Å². The molecule has 2 aromatic rings. The van der Waals surface area contributed by atoms with Crippen LogP contribution in [-0.4, -0.2) is 9.78 Å². The van der Waals surface area contributed by atoms with Crippen LogP contribution in [0.25, 0.3) is 5.69 Å². The number of aromatic nitrogens is 2. The molecule has 0 saturated carbocycles. The number of nitrogens with two attached hydrogens (primary N) is 1. The van der Waals surface area contributed by atoms with Gasteiger partial charge in [0.2, 0.25) is 0 Å². The van der Waals surface area contributed by atoms with Gasteiger partial charge in [-0.3, -0.25) is 0 Å². The zero-order chi connectivity index (χ0) is 10.8. The van der Waals surface area contributed by atoms with Gasteiger partial charge < -0.3 is 5.73 Å². The van der Waals surface area contributed by atoms with E-state index in [9.17, 15) is 0 Å². The summed E-state index contributed by atoms with van der Waals surface area (Å²) in [6.07, 6.45) is 3.45. The number of nitrogen functional groups attached to an aromatic ring is 1. The minimum Gasteiger partial charge on any atom is -0.396 e. The van der Waals surface area contributed by atoms with Gasteiger partial charge in [0.05, 0.1) is 27.6 Å². The van der Waals surface area contributed by atoms with E-state index in [1.807, 2.05) is 12.1 Å². The van der Waals surface area contributed by atoms with E-state index in [0.717, 1.165) is 4.47 Å². The number of nitrogens with zero attached hydrogens (tertiary/aromatic N) is 3. The molecule has 0 fully saturated rings. The molecule has 0 aliphatic heterocycles. The summed E-state index contributed by atoms with van der Waals surface area (Å²) < 4.78 is 2.49. The normalized spacial score (nSPS) is 9.87. The molecule has 15 heavy (non-hydrogen) atoms. The Kier molecular flexibility index (Phi) is 2.44. The maximum Gasteiger partial charge on any atom is 0.101 e. The third kappa shape index (κ3) is 1.72. The lowest BCUT2D eigenvalue weighted by Gasteiger charge is -2.05. The van der Waals surface area contributed by atoms with Crippen molar-refractivity contribution in [2.45, 2.75) is 0 Å². The molecule has 0 saturated heterocycles. The van der Waals surface area contributed by atoms with Crippen LogP contribution in [0.3, 0.4) is 0 Å². The average Bonchev–Trinajstić information content (AvgIpc) is 2.65. The molecule has 4 nitrogen and oxygen atoms in total. The van der Waals surface area contributed by atoms with Crippen LogP contribution < -0.4 is 5.73 Å². The first-order valence-electron chi connectivity index (χ1n) is 4.21. The smallest absolute Gasteiger partial charge is 0.101 e. The van der Waals surface area contributed by atoms with Gasteiger partial charge >= 0.3 is 0 Å². The maximum absolute atomic E-state index is 8.83. The zero-order valence-corrected chi connectivity index (χ0v) is 9.27. The van der Waals surface area contributed by atoms with Crippen molar-refractivity contribution >= 4 is 21.6 Å². The maximum atomic E-state index is 8.83. The van der Waals surface area contributed by atoms with Gasteiger partial charge in [-0.2, -0.15) is 10.4 Å². The summed E-state index contributed by atoms with van der Waals surface area (Å²) in [7, 11) is 0. The molecule has 0 aliphatic carbocycles. The second-order valence-electron chi connectivity index (χ2n) is 2.95. The SMILES string of the molecule is N#Cc1cccc(-n2cc(Br)cn2)c1N. The molecule has 1 aromatic carbocycles. The van der Waals surface area contributed by atoms with Crippen LogP contribution in [0, 0.1) is 11.3 Å². The fraction of sp³-hybridized carbons (Fsp3) is 0. The quantitative estimate of drug-likeness (QED) is 0.801. The van der Waals surface area contributed by atoms with Crippen molar-refractivity contribution in [2.24, 2.45) is 0 Å². The molecule has 0 aliphatic rings. The van der Waals surface area contributed by atoms with E-state index in [1.165, 1.54) is 0 Å². The third-order valence-corrected chi connectivity index (χ3v) is 2.41. The molecule has 5 heteroatoms. The van der Waals surface area contributed by atoms with E-state index < -0.39 is 0 Å². The van der Waals surface area contributed by atoms with Crippen molar-refractivity contribution in [1.29, 1.82) is 5.26 Å². The largest absolute Gasteiger partial charge is 0.396 e. The molecular formula is C10H7BrN4. The van der Waals surface area contributed by atoms with Crippen LogP contribution >= 0.6 is 15.9 Å². The number of benzene rings is 1. The Labute approximate surface area is 95.1 Å². The fourth-order valence-electron chi connectivity index (χ4n) is 1.28. The first kappa shape index (κ1) is 9.74. The topological polar surface area (TPSA) is 67.6 Å². The first-order valence-corrected chi connectivity index (χ1v) is 5.01. The van der Waals surface area contributed by atoms with Crippen molar-refractivity contribution < 1.29 is 0 Å². The summed E-state index contributed by atoms with van der Waals surface area (Å²) in [5.41, 5.74) is 7.44. The second-order valence-corrected chi connectivity index (χ2v) is 3.87. The Bertz CT molecular complexity index is 539. The molecule has 0 spiro atoms. The van der Waals surface area contributed by atoms with E-state index in [2.05, 4.69) is 21.0 Å². The van der Waals surface area contributed by atoms with E-state index in [4.69, 9.17) is 11.0 Å². The van der Waals surface area contributed by atoms with E-state index in [-0.39, 0.29) is 0 Å². The monoisotopic (exact) mass is 262 g/mol. The lowest BCUT2D eigenvalue weighted by molar-refractivity contribution is 0.882. The highest BCUT2D eigenvalue weighted by Gasteiger charge is 2.06. The van der Waals surface area contributed by atoms with Crippen LogP contribution in [0.5, 0.6) is 0 Å². The van der Waals surface area contributed by atoms with Gasteiger partial charge in [0, 0.05) is 6.20 Å². The molecule has 2 N–H and O–H groups in total. The lowest BCUT2D eigenvalue weighted by atomic mass is 10.1. The van der Waals surface area contributed by atoms with Crippen molar-refractivity contribution in [3.05, 3.63) is 40.6 Å². The molecule has 0 bridgehead atoms. The predicted molar refractivity (Wildman–Crippen MR) is 60.4 cm³/mol. The molecule has 74 valence electrons. The van der Waals surface area contributed by atoms with Gasteiger partial charge in [-0.15, -0.1) is 0 Å². The summed E-state index contributed by atoms with van der Waals surface area (Å²) in [6.45, 7) is 0. The summed E-state index contributed by atoms with van der Waals surface area (Å²) in [6, 6.07) is 7.31. The second kappa shape index (κ2) is 3.75. The highest BCUT2D eigenvalue weighted by molar-refractivity contribution is 9.10. The number of hydrogen-bond donors (Lipinski definition) is 1. The number of rotatable bonds is 1. The van der Waals surface area contributed by atoms with Gasteiger partial charge in [-0.05, 0) is 28.1 Å². The zero-order valence-electron chi connectivity index (χ0n) is 7.68. The number of nitriles is 1. The molecule has 0 amide bonds. The van der Waals surface area contributed by atoms with Crippen LogP contribution in [0.2, 0.25) is 0 Å². The minimum atomic E-state index is 0.440. The average molecular weight is 263 g/mol.